The van der Waals surface area contributed by atoms with E-state index in [9.17, 15) is 9.59 Å². The van der Waals surface area contributed by atoms with E-state index in [1.807, 2.05) is 12.1 Å². The van der Waals surface area contributed by atoms with Gasteiger partial charge in [0.2, 0.25) is 11.5 Å². The van der Waals surface area contributed by atoms with Crippen LogP contribution in [0.4, 0.5) is 0 Å². The molecule has 0 N–H and O–H groups in total. The molecule has 0 amide bonds. The van der Waals surface area contributed by atoms with Crippen LogP contribution in [0.5, 0.6) is 17.2 Å². The van der Waals surface area contributed by atoms with Crippen LogP contribution in [0.25, 0.3) is 5.57 Å². The Balaban J connectivity index is 1.97. The number of ketones is 1. The second-order valence-electron chi connectivity index (χ2n) is 6.29. The van der Waals surface area contributed by atoms with Crippen molar-refractivity contribution in [1.82, 2.24) is 0 Å². The summed E-state index contributed by atoms with van der Waals surface area (Å²) in [6.07, 6.45) is -0.722. The summed E-state index contributed by atoms with van der Waals surface area (Å²) in [4.78, 5) is 25.7. The van der Waals surface area contributed by atoms with Crippen LogP contribution in [-0.4, -0.2) is 46.3 Å². The van der Waals surface area contributed by atoms with Gasteiger partial charge in [-0.1, -0.05) is 18.2 Å². The van der Waals surface area contributed by atoms with Crippen molar-refractivity contribution in [3.05, 3.63) is 59.4 Å². The van der Waals surface area contributed by atoms with E-state index in [1.54, 1.807) is 37.4 Å². The highest BCUT2D eigenvalue weighted by molar-refractivity contribution is 6.29. The van der Waals surface area contributed by atoms with E-state index in [1.165, 1.54) is 21.3 Å². The highest BCUT2D eigenvalue weighted by Gasteiger charge is 2.38. The Morgan fingerprint density at radius 2 is 1.52 bits per heavy atom. The molecule has 0 bridgehead atoms. The van der Waals surface area contributed by atoms with Gasteiger partial charge in [0.25, 0.3) is 0 Å². The normalized spacial score (nSPS) is 16.3. The Morgan fingerprint density at radius 3 is 2.10 bits per heavy atom. The summed E-state index contributed by atoms with van der Waals surface area (Å²) < 4.78 is 26.3. The van der Waals surface area contributed by atoms with Gasteiger partial charge in [0.15, 0.2) is 17.6 Å². The van der Waals surface area contributed by atoms with Crippen molar-refractivity contribution in [2.45, 2.75) is 12.5 Å². The van der Waals surface area contributed by atoms with E-state index in [0.29, 0.717) is 22.8 Å². The van der Waals surface area contributed by atoms with Crippen molar-refractivity contribution >= 4 is 17.3 Å². The van der Waals surface area contributed by atoms with Crippen molar-refractivity contribution < 1.29 is 33.3 Å². The molecule has 1 aliphatic rings. The molecule has 0 spiro atoms. The summed E-state index contributed by atoms with van der Waals surface area (Å²) in [5, 5.41) is 0. The molecule has 7 heteroatoms. The third-order valence-electron chi connectivity index (χ3n) is 4.66. The molecule has 0 saturated carbocycles. The Kier molecular flexibility index (Phi) is 6.07. The summed E-state index contributed by atoms with van der Waals surface area (Å²) in [7, 11) is 5.92. The van der Waals surface area contributed by atoms with Gasteiger partial charge in [-0.3, -0.25) is 4.79 Å². The zero-order valence-electron chi connectivity index (χ0n) is 16.7. The number of carbonyl (C=O) groups is 2. The van der Waals surface area contributed by atoms with Crippen molar-refractivity contribution in [2.75, 3.05) is 28.4 Å². The molecular formula is C22H22O7. The standard InChI is InChI=1S/C22H22O7/c1-25-15-8-5-13(6-9-15)11-18-20(23)19(21(28-4)22(24)29-18)14-7-10-16(26-2)17(12-14)27-3/h5-10,12,18H,11H2,1-4H3. The van der Waals surface area contributed by atoms with Crippen LogP contribution in [0.3, 0.4) is 0 Å². The summed E-state index contributed by atoms with van der Waals surface area (Å²) >= 11 is 0. The predicted molar refractivity (Wildman–Crippen MR) is 105 cm³/mol. The number of hydrogen-bond donors (Lipinski definition) is 0. The molecule has 2 aromatic carbocycles. The third kappa shape index (κ3) is 4.03. The minimum Gasteiger partial charge on any atom is -0.497 e. The number of rotatable bonds is 7. The fourth-order valence-electron chi connectivity index (χ4n) is 3.17. The van der Waals surface area contributed by atoms with Gasteiger partial charge in [-0.25, -0.2) is 4.79 Å². The van der Waals surface area contributed by atoms with Crippen molar-refractivity contribution in [3.8, 4) is 17.2 Å². The number of hydrogen-bond acceptors (Lipinski definition) is 7. The smallest absolute Gasteiger partial charge is 0.375 e. The van der Waals surface area contributed by atoms with Gasteiger partial charge in [-0.15, -0.1) is 0 Å². The fourth-order valence-corrected chi connectivity index (χ4v) is 3.17. The number of cyclic esters (lactones) is 1. The minimum atomic E-state index is -0.960. The number of Topliss-reactive ketones (excluding diaryl/α,β-unsaturated/α-hetero) is 1. The Labute approximate surface area is 168 Å². The zero-order chi connectivity index (χ0) is 21.0. The van der Waals surface area contributed by atoms with E-state index in [-0.39, 0.29) is 23.5 Å². The van der Waals surface area contributed by atoms with E-state index in [4.69, 9.17) is 23.7 Å². The van der Waals surface area contributed by atoms with Gasteiger partial charge in [-0.2, -0.15) is 0 Å². The SMILES string of the molecule is COC1=C(c2ccc(OC)c(OC)c2)C(=O)C(Cc2ccc(OC)cc2)OC1=O. The van der Waals surface area contributed by atoms with Gasteiger partial charge in [0.05, 0.1) is 34.0 Å². The maximum atomic E-state index is 13.2. The fraction of sp³-hybridized carbons (Fsp3) is 0.273. The van der Waals surface area contributed by atoms with Crippen LogP contribution in [-0.2, 0) is 25.5 Å². The molecule has 7 nitrogen and oxygen atoms in total. The molecule has 1 aliphatic heterocycles. The largest absolute Gasteiger partial charge is 0.497 e. The van der Waals surface area contributed by atoms with E-state index >= 15 is 0 Å². The minimum absolute atomic E-state index is 0.131. The molecule has 1 atom stereocenters. The highest BCUT2D eigenvalue weighted by Crippen LogP contribution is 2.35. The van der Waals surface area contributed by atoms with Crippen LogP contribution in [0.2, 0.25) is 0 Å². The lowest BCUT2D eigenvalue weighted by Gasteiger charge is -2.25. The van der Waals surface area contributed by atoms with E-state index in [2.05, 4.69) is 0 Å². The van der Waals surface area contributed by atoms with Crippen LogP contribution in [0.1, 0.15) is 11.1 Å². The van der Waals surface area contributed by atoms with Crippen LogP contribution >= 0.6 is 0 Å². The Hall–Kier alpha value is -3.48. The monoisotopic (exact) mass is 398 g/mol. The van der Waals surface area contributed by atoms with Gasteiger partial charge >= 0.3 is 5.97 Å². The average Bonchev–Trinajstić information content (AvgIpc) is 2.75. The molecule has 0 radical (unpaired) electrons. The van der Waals surface area contributed by atoms with Crippen LogP contribution in [0, 0.1) is 0 Å². The second kappa shape index (κ2) is 8.68. The summed E-state index contributed by atoms with van der Waals surface area (Å²) in [5.74, 6) is 0.490. The molecule has 0 fully saturated rings. The quantitative estimate of drug-likeness (QED) is 0.664. The summed E-state index contributed by atoms with van der Waals surface area (Å²) in [6.45, 7) is 0. The molecule has 1 unspecified atom stereocenters. The molecule has 1 heterocycles. The highest BCUT2D eigenvalue weighted by atomic mass is 16.6. The number of benzene rings is 2. The number of carbonyl (C=O) groups excluding carboxylic acids is 2. The lowest BCUT2D eigenvalue weighted by atomic mass is 9.91. The number of esters is 1. The van der Waals surface area contributed by atoms with Gasteiger partial charge < -0.3 is 23.7 Å². The van der Waals surface area contributed by atoms with E-state index < -0.39 is 12.1 Å². The molecule has 29 heavy (non-hydrogen) atoms. The lowest BCUT2D eigenvalue weighted by molar-refractivity contribution is -0.154. The molecule has 0 saturated heterocycles. The summed E-state index contributed by atoms with van der Waals surface area (Å²) in [6, 6.07) is 12.2. The number of ether oxygens (including phenoxy) is 5. The van der Waals surface area contributed by atoms with Crippen LogP contribution in [0.15, 0.2) is 48.2 Å². The first-order chi connectivity index (χ1) is 14.0. The molecule has 152 valence electrons. The molecule has 0 aromatic heterocycles. The van der Waals surface area contributed by atoms with Crippen molar-refractivity contribution in [3.63, 3.8) is 0 Å². The molecule has 0 aliphatic carbocycles. The molecular weight excluding hydrogens is 376 g/mol. The first-order valence-electron chi connectivity index (χ1n) is 8.91. The van der Waals surface area contributed by atoms with Crippen molar-refractivity contribution in [2.24, 2.45) is 0 Å². The Bertz CT molecular complexity index is 944. The lowest BCUT2D eigenvalue weighted by Crippen LogP contribution is -2.37. The molecule has 2 aromatic rings. The third-order valence-corrected chi connectivity index (χ3v) is 4.66. The van der Waals surface area contributed by atoms with Gasteiger partial charge in [-0.05, 0) is 35.4 Å². The number of methoxy groups -OCH3 is 4. The first kappa shape index (κ1) is 20.3. The summed E-state index contributed by atoms with van der Waals surface area (Å²) in [5.41, 5.74) is 1.48. The topological polar surface area (TPSA) is 80.3 Å². The van der Waals surface area contributed by atoms with E-state index in [0.717, 1.165) is 5.56 Å². The van der Waals surface area contributed by atoms with Gasteiger partial charge in [0.1, 0.15) is 5.75 Å². The zero-order valence-corrected chi connectivity index (χ0v) is 16.7. The Morgan fingerprint density at radius 1 is 0.828 bits per heavy atom. The average molecular weight is 398 g/mol. The molecule has 3 rings (SSSR count). The first-order valence-corrected chi connectivity index (χ1v) is 8.91. The van der Waals surface area contributed by atoms with Crippen LogP contribution < -0.4 is 14.2 Å². The van der Waals surface area contributed by atoms with Gasteiger partial charge in [0, 0.05) is 6.42 Å². The van der Waals surface area contributed by atoms with Crippen molar-refractivity contribution in [1.29, 1.82) is 0 Å². The second-order valence-corrected chi connectivity index (χ2v) is 6.29. The maximum absolute atomic E-state index is 13.2. The predicted octanol–water partition coefficient (Wildman–Crippen LogP) is 2.81. The maximum Gasteiger partial charge on any atom is 0.375 e.